The lowest BCUT2D eigenvalue weighted by Gasteiger charge is -2.46. The normalized spacial score (nSPS) is 33.7. The predicted octanol–water partition coefficient (Wildman–Crippen LogP) is 1.24. The quantitative estimate of drug-likeness (QED) is 0.494. The minimum atomic E-state index is -1.59. The Morgan fingerprint density at radius 1 is 1.12 bits per heavy atom. The van der Waals surface area contributed by atoms with E-state index in [1.54, 1.807) is 16.7 Å². The van der Waals surface area contributed by atoms with Crippen LogP contribution in [0.25, 0.3) is 0 Å². The van der Waals surface area contributed by atoms with Crippen LogP contribution in [0.1, 0.15) is 25.0 Å². The second-order valence-corrected chi connectivity index (χ2v) is 7.02. The number of rotatable bonds is 4. The van der Waals surface area contributed by atoms with Crippen molar-refractivity contribution in [3.63, 3.8) is 0 Å². The first kappa shape index (κ1) is 17.0. The third-order valence-electron chi connectivity index (χ3n) is 5.16. The first-order valence-electron chi connectivity index (χ1n) is 8.32. The molecule has 1 aromatic rings. The van der Waals surface area contributed by atoms with Crippen LogP contribution in [-0.4, -0.2) is 44.6 Å². The molecule has 7 nitrogen and oxygen atoms in total. The standard InChI is InChI=1S/C19H20N2O5/c1-11(2)15(22)25-17-18(24)19(26-16(23)12(3)4)20(17)9-13-7-5-6-8-14(13)10-21(18)19/h5-8,17,24H,1,3,9-10H2,2,4H3. The van der Waals surface area contributed by atoms with Crippen molar-refractivity contribution in [2.24, 2.45) is 0 Å². The molecule has 26 heavy (non-hydrogen) atoms. The van der Waals surface area contributed by atoms with E-state index in [1.165, 1.54) is 6.92 Å². The van der Waals surface area contributed by atoms with Gasteiger partial charge in [0.25, 0.3) is 5.85 Å². The molecule has 7 heteroatoms. The summed E-state index contributed by atoms with van der Waals surface area (Å²) in [6.45, 7) is 11.0. The Kier molecular flexibility index (Phi) is 3.43. The number of carbonyl (C=O) groups is 2. The van der Waals surface area contributed by atoms with Gasteiger partial charge in [0.1, 0.15) is 0 Å². The molecule has 4 rings (SSSR count). The summed E-state index contributed by atoms with van der Waals surface area (Å²) < 4.78 is 11.1. The maximum atomic E-state index is 12.2. The van der Waals surface area contributed by atoms with E-state index in [0.717, 1.165) is 11.1 Å². The molecule has 3 aliphatic rings. The highest BCUT2D eigenvalue weighted by Crippen LogP contribution is 2.68. The molecular weight excluding hydrogens is 336 g/mol. The van der Waals surface area contributed by atoms with Gasteiger partial charge >= 0.3 is 11.9 Å². The fraction of sp³-hybridized carbons (Fsp3) is 0.368. The Labute approximate surface area is 151 Å². The Morgan fingerprint density at radius 3 is 2.27 bits per heavy atom. The van der Waals surface area contributed by atoms with Gasteiger partial charge in [-0.25, -0.2) is 19.4 Å². The fourth-order valence-electron chi connectivity index (χ4n) is 3.75. The molecule has 0 amide bonds. The summed E-state index contributed by atoms with van der Waals surface area (Å²) in [5.41, 5.74) is 0.911. The summed E-state index contributed by atoms with van der Waals surface area (Å²) in [5.74, 6) is -2.55. The molecule has 136 valence electrons. The smallest absolute Gasteiger partial charge is 0.336 e. The molecule has 0 bridgehead atoms. The van der Waals surface area contributed by atoms with Crippen LogP contribution in [0, 0.1) is 0 Å². The first-order valence-corrected chi connectivity index (χ1v) is 8.32. The van der Waals surface area contributed by atoms with Crippen molar-refractivity contribution in [3.05, 3.63) is 59.7 Å². The van der Waals surface area contributed by atoms with Crippen LogP contribution in [0.5, 0.6) is 0 Å². The molecule has 2 saturated heterocycles. The second kappa shape index (κ2) is 5.26. The van der Waals surface area contributed by atoms with E-state index in [4.69, 9.17) is 9.47 Å². The lowest BCUT2D eigenvalue weighted by Crippen LogP contribution is -2.69. The zero-order valence-corrected chi connectivity index (χ0v) is 14.7. The number of fused-ring (bicyclic) bond motifs is 2. The molecular formula is C19H20N2O5. The fourth-order valence-corrected chi connectivity index (χ4v) is 3.75. The van der Waals surface area contributed by atoms with E-state index in [-0.39, 0.29) is 11.1 Å². The van der Waals surface area contributed by atoms with Crippen LogP contribution in [-0.2, 0) is 32.2 Å². The van der Waals surface area contributed by atoms with Gasteiger partial charge in [-0.15, -0.1) is 0 Å². The zero-order chi connectivity index (χ0) is 18.9. The lowest BCUT2D eigenvalue weighted by molar-refractivity contribution is -0.292. The summed E-state index contributed by atoms with van der Waals surface area (Å²) in [5, 5.41) is 11.2. The molecule has 0 spiro atoms. The monoisotopic (exact) mass is 356 g/mol. The van der Waals surface area contributed by atoms with Gasteiger partial charge in [-0.05, 0) is 25.0 Å². The molecule has 3 aliphatic heterocycles. The lowest BCUT2D eigenvalue weighted by atomic mass is 10.0. The maximum absolute atomic E-state index is 12.2. The van der Waals surface area contributed by atoms with E-state index in [9.17, 15) is 14.7 Å². The number of nitrogens with zero attached hydrogens (tertiary/aromatic N) is 2. The van der Waals surface area contributed by atoms with Crippen LogP contribution in [0.15, 0.2) is 48.6 Å². The van der Waals surface area contributed by atoms with Crippen LogP contribution in [0.4, 0.5) is 0 Å². The van der Waals surface area contributed by atoms with Crippen molar-refractivity contribution in [3.8, 4) is 0 Å². The van der Waals surface area contributed by atoms with E-state index in [1.807, 2.05) is 24.3 Å². The van der Waals surface area contributed by atoms with E-state index < -0.39 is 29.7 Å². The van der Waals surface area contributed by atoms with Crippen molar-refractivity contribution >= 4 is 11.9 Å². The number of aliphatic hydroxyl groups is 1. The van der Waals surface area contributed by atoms with Crippen molar-refractivity contribution in [1.29, 1.82) is 0 Å². The number of esters is 2. The predicted molar refractivity (Wildman–Crippen MR) is 90.8 cm³/mol. The van der Waals surface area contributed by atoms with Gasteiger partial charge in [-0.1, -0.05) is 37.4 Å². The summed E-state index contributed by atoms with van der Waals surface area (Å²) in [6, 6.07) is 7.75. The molecule has 0 aromatic heterocycles. The van der Waals surface area contributed by atoms with E-state index >= 15 is 0 Å². The van der Waals surface area contributed by atoms with Gasteiger partial charge < -0.3 is 14.6 Å². The number of ether oxygens (including phenoxy) is 2. The van der Waals surface area contributed by atoms with Crippen molar-refractivity contribution in [2.75, 3.05) is 0 Å². The van der Waals surface area contributed by atoms with Crippen molar-refractivity contribution in [1.82, 2.24) is 9.80 Å². The van der Waals surface area contributed by atoms with Crippen molar-refractivity contribution < 1.29 is 24.2 Å². The zero-order valence-electron chi connectivity index (χ0n) is 14.7. The minimum Gasteiger partial charge on any atom is -0.438 e. The Hall–Kier alpha value is -2.48. The summed E-state index contributed by atoms with van der Waals surface area (Å²) in [7, 11) is 0. The molecule has 0 aliphatic carbocycles. The van der Waals surface area contributed by atoms with Gasteiger partial charge in [0.2, 0.25) is 12.0 Å². The van der Waals surface area contributed by atoms with E-state index in [0.29, 0.717) is 13.1 Å². The maximum Gasteiger partial charge on any atom is 0.336 e. The van der Waals surface area contributed by atoms with Gasteiger partial charge in [-0.3, -0.25) is 0 Å². The minimum absolute atomic E-state index is 0.229. The Morgan fingerprint density at radius 2 is 1.69 bits per heavy atom. The number of hydrogen-bond acceptors (Lipinski definition) is 7. The highest BCUT2D eigenvalue weighted by atomic mass is 16.7. The molecule has 0 radical (unpaired) electrons. The van der Waals surface area contributed by atoms with Crippen LogP contribution in [0.2, 0.25) is 0 Å². The molecule has 4 unspecified atom stereocenters. The van der Waals surface area contributed by atoms with Crippen molar-refractivity contribution in [2.45, 2.75) is 44.7 Å². The highest BCUT2D eigenvalue weighted by Gasteiger charge is 2.96. The number of hydrogen-bond donors (Lipinski definition) is 1. The number of carbonyl (C=O) groups excluding carboxylic acids is 2. The van der Waals surface area contributed by atoms with Gasteiger partial charge in [-0.2, -0.15) is 0 Å². The van der Waals surface area contributed by atoms with Gasteiger partial charge in [0.15, 0.2) is 0 Å². The average Bonchev–Trinajstić information content (AvgIpc) is 3.08. The highest BCUT2D eigenvalue weighted by molar-refractivity contribution is 5.88. The summed E-state index contributed by atoms with van der Waals surface area (Å²) in [4.78, 5) is 27.5. The average molecular weight is 356 g/mol. The van der Waals surface area contributed by atoms with Gasteiger partial charge in [0, 0.05) is 24.2 Å². The van der Waals surface area contributed by atoms with Crippen LogP contribution < -0.4 is 0 Å². The van der Waals surface area contributed by atoms with Crippen LogP contribution >= 0.6 is 0 Å². The van der Waals surface area contributed by atoms with E-state index in [2.05, 4.69) is 13.2 Å². The topological polar surface area (TPSA) is 79.1 Å². The summed E-state index contributed by atoms with van der Waals surface area (Å²) >= 11 is 0. The number of benzene rings is 1. The molecule has 0 saturated carbocycles. The molecule has 1 aromatic carbocycles. The van der Waals surface area contributed by atoms with Crippen LogP contribution in [0.3, 0.4) is 0 Å². The Bertz CT molecular complexity index is 865. The Balaban J connectivity index is 1.71. The summed E-state index contributed by atoms with van der Waals surface area (Å²) in [6.07, 6.45) is -0.946. The molecule has 4 atom stereocenters. The molecule has 2 fully saturated rings. The third kappa shape index (κ3) is 1.93. The SMILES string of the molecule is C=C(C)C(=O)OC1N2Cc3ccccc3CN3C1(O)C23OC(=O)C(=C)C. The molecule has 3 heterocycles. The molecule has 1 N–H and O–H groups in total. The second-order valence-electron chi connectivity index (χ2n) is 7.02. The van der Waals surface area contributed by atoms with Gasteiger partial charge in [0.05, 0.1) is 0 Å². The third-order valence-corrected chi connectivity index (χ3v) is 5.16. The largest absolute Gasteiger partial charge is 0.438 e. The first-order chi connectivity index (χ1) is 12.2.